The minimum atomic E-state index is -1.12. The summed E-state index contributed by atoms with van der Waals surface area (Å²) in [7, 11) is 0. The highest BCUT2D eigenvalue weighted by molar-refractivity contribution is 5.95. The van der Waals surface area contributed by atoms with Crippen molar-refractivity contribution in [3.63, 3.8) is 0 Å². The summed E-state index contributed by atoms with van der Waals surface area (Å²) in [5.74, 6) is -0.915. The van der Waals surface area contributed by atoms with Gasteiger partial charge in [0.15, 0.2) is 5.78 Å². The topological polar surface area (TPSA) is 83.6 Å². The Kier molecular flexibility index (Phi) is 3.57. The molecule has 1 aliphatic heterocycles. The number of carbonyl (C=O) groups is 2. The molecule has 0 spiro atoms. The van der Waals surface area contributed by atoms with Gasteiger partial charge < -0.3 is 15.7 Å². The molecule has 1 aromatic rings. The molecule has 0 bridgehead atoms. The van der Waals surface area contributed by atoms with Gasteiger partial charge in [0.2, 0.25) is 0 Å². The van der Waals surface area contributed by atoms with E-state index in [9.17, 15) is 9.59 Å². The van der Waals surface area contributed by atoms with E-state index in [1.54, 1.807) is 6.07 Å². The number of anilines is 1. The van der Waals surface area contributed by atoms with Crippen molar-refractivity contribution in [3.8, 4) is 0 Å². The maximum atomic E-state index is 11.4. The molecule has 0 saturated carbocycles. The van der Waals surface area contributed by atoms with Gasteiger partial charge in [-0.25, -0.2) is 0 Å². The fourth-order valence-corrected chi connectivity index (χ4v) is 2.30. The van der Waals surface area contributed by atoms with Crippen LogP contribution in [-0.4, -0.2) is 35.5 Å². The summed E-state index contributed by atoms with van der Waals surface area (Å²) in [4.78, 5) is 24.5. The number of carboxylic acid groups (broad SMARTS) is 1. The summed E-state index contributed by atoms with van der Waals surface area (Å²) < 4.78 is 0. The van der Waals surface area contributed by atoms with Gasteiger partial charge in [0.1, 0.15) is 5.54 Å². The molecule has 5 heteroatoms. The standard InChI is InChI=1S/C14H18N2O3/c1-10(17)11-3-2-4-12(9-11)16-7-5-14(15,6-8-16)13(18)19/h2-4,9H,5-8,15H2,1H3,(H,18,19). The Balaban J connectivity index is 2.12. The molecule has 0 aromatic heterocycles. The predicted molar refractivity (Wildman–Crippen MR) is 72.4 cm³/mol. The van der Waals surface area contributed by atoms with Crippen molar-refractivity contribution in [2.24, 2.45) is 5.73 Å². The van der Waals surface area contributed by atoms with Crippen molar-refractivity contribution < 1.29 is 14.7 Å². The number of carbonyl (C=O) groups excluding carboxylic acids is 1. The van der Waals surface area contributed by atoms with Gasteiger partial charge in [0.25, 0.3) is 0 Å². The summed E-state index contributed by atoms with van der Waals surface area (Å²) in [6, 6.07) is 7.39. The van der Waals surface area contributed by atoms with Crippen LogP contribution in [-0.2, 0) is 4.79 Å². The number of nitrogens with two attached hydrogens (primary N) is 1. The van der Waals surface area contributed by atoms with E-state index in [-0.39, 0.29) is 5.78 Å². The fraction of sp³-hybridized carbons (Fsp3) is 0.429. The van der Waals surface area contributed by atoms with Crippen LogP contribution in [0.15, 0.2) is 24.3 Å². The Morgan fingerprint density at radius 2 is 1.95 bits per heavy atom. The van der Waals surface area contributed by atoms with Gasteiger partial charge in [0, 0.05) is 24.3 Å². The molecule has 1 aromatic carbocycles. The number of hydrogen-bond donors (Lipinski definition) is 2. The highest BCUT2D eigenvalue weighted by atomic mass is 16.4. The first-order chi connectivity index (χ1) is 8.92. The number of ketones is 1. The average Bonchev–Trinajstić information content (AvgIpc) is 2.39. The molecular formula is C14H18N2O3. The number of aliphatic carboxylic acids is 1. The summed E-state index contributed by atoms with van der Waals surface area (Å²) in [5, 5.41) is 9.08. The zero-order valence-corrected chi connectivity index (χ0v) is 10.9. The third-order valence-electron chi connectivity index (χ3n) is 3.70. The molecule has 1 heterocycles. The normalized spacial score (nSPS) is 18.1. The van der Waals surface area contributed by atoms with Crippen LogP contribution in [0.5, 0.6) is 0 Å². The Morgan fingerprint density at radius 1 is 1.32 bits per heavy atom. The first-order valence-electron chi connectivity index (χ1n) is 6.31. The molecule has 1 aliphatic rings. The minimum absolute atomic E-state index is 0.0255. The van der Waals surface area contributed by atoms with Crippen LogP contribution >= 0.6 is 0 Å². The SMILES string of the molecule is CC(=O)c1cccc(N2CCC(N)(C(=O)O)CC2)c1. The lowest BCUT2D eigenvalue weighted by molar-refractivity contribution is -0.144. The molecule has 0 atom stereocenters. The van der Waals surface area contributed by atoms with Crippen LogP contribution in [0.2, 0.25) is 0 Å². The lowest BCUT2D eigenvalue weighted by Crippen LogP contribution is -2.55. The quantitative estimate of drug-likeness (QED) is 0.801. The van der Waals surface area contributed by atoms with Gasteiger partial charge in [-0.05, 0) is 31.9 Å². The average molecular weight is 262 g/mol. The van der Waals surface area contributed by atoms with Crippen molar-refractivity contribution in [1.29, 1.82) is 0 Å². The summed E-state index contributed by atoms with van der Waals surface area (Å²) in [5.41, 5.74) is 6.34. The largest absolute Gasteiger partial charge is 0.480 e. The Hall–Kier alpha value is -1.88. The number of piperidine rings is 1. The number of hydrogen-bond acceptors (Lipinski definition) is 4. The summed E-state index contributed by atoms with van der Waals surface area (Å²) in [6.07, 6.45) is 0.819. The van der Waals surface area contributed by atoms with Crippen molar-refractivity contribution in [1.82, 2.24) is 0 Å². The molecule has 102 valence electrons. The second-order valence-corrected chi connectivity index (χ2v) is 5.05. The molecule has 0 amide bonds. The maximum Gasteiger partial charge on any atom is 0.323 e. The zero-order chi connectivity index (χ0) is 14.0. The van der Waals surface area contributed by atoms with E-state index in [0.717, 1.165) is 5.69 Å². The highest BCUT2D eigenvalue weighted by Gasteiger charge is 2.37. The van der Waals surface area contributed by atoms with Crippen LogP contribution < -0.4 is 10.6 Å². The molecule has 1 fully saturated rings. The van der Waals surface area contributed by atoms with Crippen molar-refractivity contribution in [2.45, 2.75) is 25.3 Å². The van der Waals surface area contributed by atoms with Gasteiger partial charge in [-0.15, -0.1) is 0 Å². The number of rotatable bonds is 3. The Bertz CT molecular complexity index is 505. The maximum absolute atomic E-state index is 11.4. The molecule has 0 aliphatic carbocycles. The lowest BCUT2D eigenvalue weighted by Gasteiger charge is -2.37. The van der Waals surface area contributed by atoms with Gasteiger partial charge >= 0.3 is 5.97 Å². The Labute approximate surface area is 112 Å². The van der Waals surface area contributed by atoms with Crippen molar-refractivity contribution in [3.05, 3.63) is 29.8 Å². The second kappa shape index (κ2) is 5.01. The van der Waals surface area contributed by atoms with Crippen LogP contribution in [0.1, 0.15) is 30.1 Å². The molecule has 1 saturated heterocycles. The smallest absolute Gasteiger partial charge is 0.323 e. The molecular weight excluding hydrogens is 244 g/mol. The van der Waals surface area contributed by atoms with Crippen LogP contribution in [0.25, 0.3) is 0 Å². The number of Topliss-reactive ketones (excluding diaryl/α,β-unsaturated/α-hetero) is 1. The number of nitrogens with zero attached hydrogens (tertiary/aromatic N) is 1. The first-order valence-corrected chi connectivity index (χ1v) is 6.31. The van der Waals surface area contributed by atoms with E-state index in [1.165, 1.54) is 6.92 Å². The molecule has 3 N–H and O–H groups in total. The van der Waals surface area contributed by atoms with E-state index in [4.69, 9.17) is 10.8 Å². The number of carboxylic acids is 1. The Morgan fingerprint density at radius 3 is 2.47 bits per heavy atom. The second-order valence-electron chi connectivity index (χ2n) is 5.05. The van der Waals surface area contributed by atoms with Crippen molar-refractivity contribution in [2.75, 3.05) is 18.0 Å². The molecule has 19 heavy (non-hydrogen) atoms. The third kappa shape index (κ3) is 2.76. The van der Waals surface area contributed by atoms with E-state index >= 15 is 0 Å². The summed E-state index contributed by atoms with van der Waals surface area (Å²) in [6.45, 7) is 2.71. The van der Waals surface area contributed by atoms with Crippen LogP contribution in [0.3, 0.4) is 0 Å². The molecule has 2 rings (SSSR count). The molecule has 0 unspecified atom stereocenters. The van der Waals surface area contributed by atoms with Crippen LogP contribution in [0.4, 0.5) is 5.69 Å². The zero-order valence-electron chi connectivity index (χ0n) is 10.9. The highest BCUT2D eigenvalue weighted by Crippen LogP contribution is 2.25. The molecule has 5 nitrogen and oxygen atoms in total. The van der Waals surface area contributed by atoms with Gasteiger partial charge in [0.05, 0.1) is 0 Å². The van der Waals surface area contributed by atoms with Crippen molar-refractivity contribution >= 4 is 17.4 Å². The van der Waals surface area contributed by atoms with E-state index in [0.29, 0.717) is 31.5 Å². The predicted octanol–water partition coefficient (Wildman–Crippen LogP) is 1.27. The van der Waals surface area contributed by atoms with E-state index in [2.05, 4.69) is 4.90 Å². The first kappa shape index (κ1) is 13.5. The number of benzene rings is 1. The molecule has 0 radical (unpaired) electrons. The van der Waals surface area contributed by atoms with E-state index in [1.807, 2.05) is 18.2 Å². The minimum Gasteiger partial charge on any atom is -0.480 e. The lowest BCUT2D eigenvalue weighted by atomic mass is 9.88. The van der Waals surface area contributed by atoms with Gasteiger partial charge in [-0.1, -0.05) is 12.1 Å². The van der Waals surface area contributed by atoms with Gasteiger partial charge in [-0.2, -0.15) is 0 Å². The third-order valence-corrected chi connectivity index (χ3v) is 3.70. The fourth-order valence-electron chi connectivity index (χ4n) is 2.30. The van der Waals surface area contributed by atoms with Gasteiger partial charge in [-0.3, -0.25) is 9.59 Å². The monoisotopic (exact) mass is 262 g/mol. The summed E-state index contributed by atoms with van der Waals surface area (Å²) >= 11 is 0. The van der Waals surface area contributed by atoms with E-state index < -0.39 is 11.5 Å². The van der Waals surface area contributed by atoms with Crippen LogP contribution in [0, 0.1) is 0 Å².